The number of aliphatic hydroxyl groups excluding tert-OH is 1. The van der Waals surface area contributed by atoms with Crippen LogP contribution in [0.2, 0.25) is 0 Å². The van der Waals surface area contributed by atoms with Gasteiger partial charge in [0.1, 0.15) is 30.7 Å². The van der Waals surface area contributed by atoms with E-state index >= 15 is 4.39 Å². The lowest BCUT2D eigenvalue weighted by Crippen LogP contribution is -2.36. The molecule has 1 fully saturated rings. The van der Waals surface area contributed by atoms with Gasteiger partial charge in [0.15, 0.2) is 12.4 Å². The van der Waals surface area contributed by atoms with E-state index in [1.807, 2.05) is 0 Å². The Balaban J connectivity index is 1.49. The van der Waals surface area contributed by atoms with Crippen LogP contribution in [0.1, 0.15) is 37.3 Å². The van der Waals surface area contributed by atoms with Gasteiger partial charge in [-0.2, -0.15) is 4.98 Å². The van der Waals surface area contributed by atoms with Gasteiger partial charge in [0.05, 0.1) is 17.6 Å². The molecular formula is C27H31FN5O10P. The van der Waals surface area contributed by atoms with Gasteiger partial charge in [-0.15, -0.1) is 0 Å². The van der Waals surface area contributed by atoms with Gasteiger partial charge >= 0.3 is 19.4 Å². The van der Waals surface area contributed by atoms with Crippen molar-refractivity contribution in [1.82, 2.24) is 14.6 Å². The average molecular weight is 636 g/mol. The molecule has 0 saturated carbocycles. The first-order chi connectivity index (χ1) is 20.9. The van der Waals surface area contributed by atoms with Gasteiger partial charge in [-0.05, 0) is 43.2 Å². The Bertz CT molecular complexity index is 1560. The van der Waals surface area contributed by atoms with E-state index in [-0.39, 0.29) is 18.1 Å². The Kier molecular flexibility index (Phi) is 10.6. The van der Waals surface area contributed by atoms with Crippen LogP contribution >= 0.6 is 7.75 Å². The minimum Gasteiger partial charge on any atom is -0.460 e. The lowest BCUT2D eigenvalue weighted by molar-refractivity contribution is -0.384. The van der Waals surface area contributed by atoms with E-state index < -0.39 is 67.7 Å². The Morgan fingerprint density at radius 3 is 2.55 bits per heavy atom. The summed E-state index contributed by atoms with van der Waals surface area (Å²) in [6, 6.07) is 14.1. The number of anilines is 1. The highest BCUT2D eigenvalue weighted by atomic mass is 31.2. The number of benzene rings is 2. The molecule has 236 valence electrons. The number of alkyl halides is 1. The number of non-ortho nitro benzene ring substituents is 1. The van der Waals surface area contributed by atoms with Crippen LogP contribution < -0.4 is 16.5 Å². The van der Waals surface area contributed by atoms with E-state index in [9.17, 15) is 29.4 Å². The molecule has 0 radical (unpaired) electrons. The van der Waals surface area contributed by atoms with Crippen molar-refractivity contribution < 1.29 is 42.3 Å². The quantitative estimate of drug-likeness (QED) is 0.107. The molecule has 0 aliphatic carbocycles. The van der Waals surface area contributed by atoms with Gasteiger partial charge in [0.25, 0.3) is 5.69 Å². The molecule has 2 heterocycles. The topological polar surface area (TPSA) is 207 Å². The van der Waals surface area contributed by atoms with Crippen molar-refractivity contribution in [3.63, 3.8) is 0 Å². The van der Waals surface area contributed by atoms with Crippen molar-refractivity contribution in [3.05, 3.63) is 98.6 Å². The number of nitrogens with two attached hydrogens (primary N) is 1. The fourth-order valence-electron chi connectivity index (χ4n) is 4.23. The Morgan fingerprint density at radius 2 is 1.91 bits per heavy atom. The molecule has 1 aromatic heterocycles. The van der Waals surface area contributed by atoms with Gasteiger partial charge in [0, 0.05) is 18.3 Å². The van der Waals surface area contributed by atoms with Crippen LogP contribution in [0.3, 0.4) is 0 Å². The summed E-state index contributed by atoms with van der Waals surface area (Å²) in [7, 11) is -4.48. The Labute approximate surface area is 250 Å². The number of carbonyl (C=O) groups is 1. The number of hydrogen-bond acceptors (Lipinski definition) is 12. The first-order valence-corrected chi connectivity index (χ1v) is 14.9. The third-order valence-electron chi connectivity index (χ3n) is 6.63. The number of aromatic nitrogens is 2. The molecular weight excluding hydrogens is 604 g/mol. The first-order valence-electron chi connectivity index (χ1n) is 13.3. The van der Waals surface area contributed by atoms with Crippen LogP contribution in [0.5, 0.6) is 0 Å². The number of carbonyl (C=O) groups excluding carboxylic acids is 1. The maximum Gasteiger partial charge on any atom is 0.406 e. The highest BCUT2D eigenvalue weighted by Gasteiger charge is 2.47. The molecule has 2 aromatic carbocycles. The Hall–Kier alpha value is -4.05. The molecule has 1 aliphatic rings. The van der Waals surface area contributed by atoms with Gasteiger partial charge < -0.3 is 20.3 Å². The van der Waals surface area contributed by atoms with Crippen LogP contribution in [0.4, 0.5) is 15.9 Å². The molecule has 0 amide bonds. The summed E-state index contributed by atoms with van der Waals surface area (Å²) in [6.07, 6.45) is -6.74. The molecule has 6 unspecified atom stereocenters. The molecule has 1 aliphatic heterocycles. The van der Waals surface area contributed by atoms with E-state index in [0.29, 0.717) is 11.1 Å². The number of nitrogens with one attached hydrogen (secondary N) is 1. The molecule has 17 heteroatoms. The minimum absolute atomic E-state index is 0.0579. The SMILES string of the molecule is CC(OP(=O)(N[C@@H](C)C(=O)OCc1ccccc1)OCC1OC(n2ccc(N)nc2=O)C(F)C1O)c1ccc([N+](=O)[O-])cc1. The van der Waals surface area contributed by atoms with E-state index in [1.54, 1.807) is 30.3 Å². The van der Waals surface area contributed by atoms with Crippen LogP contribution in [0, 0.1) is 10.1 Å². The number of esters is 1. The number of rotatable bonds is 13. The number of ether oxygens (including phenoxy) is 2. The van der Waals surface area contributed by atoms with Crippen molar-refractivity contribution in [3.8, 4) is 0 Å². The summed E-state index contributed by atoms with van der Waals surface area (Å²) in [5.41, 5.74) is 5.49. The smallest absolute Gasteiger partial charge is 0.406 e. The molecule has 3 aromatic rings. The number of nitro groups is 1. The summed E-state index contributed by atoms with van der Waals surface area (Å²) < 4.78 is 51.8. The molecule has 4 N–H and O–H groups in total. The van der Waals surface area contributed by atoms with Gasteiger partial charge in [-0.25, -0.2) is 18.8 Å². The molecule has 15 nitrogen and oxygen atoms in total. The first kappa shape index (κ1) is 32.9. The number of hydrogen-bond donors (Lipinski definition) is 3. The number of nitrogen functional groups attached to an aromatic ring is 1. The maximum absolute atomic E-state index is 15.0. The van der Waals surface area contributed by atoms with Crippen LogP contribution in [0.25, 0.3) is 0 Å². The van der Waals surface area contributed by atoms with Crippen molar-refractivity contribution in [2.45, 2.75) is 57.2 Å². The van der Waals surface area contributed by atoms with Crippen LogP contribution in [-0.4, -0.2) is 56.6 Å². The van der Waals surface area contributed by atoms with Crippen molar-refractivity contribution in [2.24, 2.45) is 0 Å². The molecule has 0 spiro atoms. The largest absolute Gasteiger partial charge is 0.460 e. The molecule has 1 saturated heterocycles. The average Bonchev–Trinajstić information content (AvgIpc) is 3.28. The third kappa shape index (κ3) is 8.11. The molecule has 4 rings (SSSR count). The van der Waals surface area contributed by atoms with E-state index in [1.165, 1.54) is 44.2 Å². The molecule has 44 heavy (non-hydrogen) atoms. The second-order valence-corrected chi connectivity index (χ2v) is 11.6. The minimum atomic E-state index is -4.48. The summed E-state index contributed by atoms with van der Waals surface area (Å²) >= 11 is 0. The van der Waals surface area contributed by atoms with E-state index in [0.717, 1.165) is 10.8 Å². The second kappa shape index (κ2) is 14.2. The summed E-state index contributed by atoms with van der Waals surface area (Å²) in [6.45, 7) is 2.10. The normalized spacial score (nSPS) is 22.5. The zero-order chi connectivity index (χ0) is 32.0. The van der Waals surface area contributed by atoms with Crippen LogP contribution in [-0.2, 0) is 34.5 Å². The summed E-state index contributed by atoms with van der Waals surface area (Å²) in [4.78, 5) is 38.9. The predicted octanol–water partition coefficient (Wildman–Crippen LogP) is 2.95. The van der Waals surface area contributed by atoms with Crippen LogP contribution in [0.15, 0.2) is 71.7 Å². The fourth-order valence-corrected chi connectivity index (χ4v) is 5.89. The van der Waals surface area contributed by atoms with Crippen molar-refractivity contribution in [2.75, 3.05) is 12.3 Å². The fraction of sp³-hybridized carbons (Fsp3) is 0.370. The van der Waals surface area contributed by atoms with E-state index in [4.69, 9.17) is 24.3 Å². The maximum atomic E-state index is 15.0. The van der Waals surface area contributed by atoms with Gasteiger partial charge in [0.2, 0.25) is 0 Å². The predicted molar refractivity (Wildman–Crippen MR) is 153 cm³/mol. The lowest BCUT2D eigenvalue weighted by Gasteiger charge is -2.27. The second-order valence-electron chi connectivity index (χ2n) is 9.88. The zero-order valence-electron chi connectivity index (χ0n) is 23.6. The summed E-state index contributed by atoms with van der Waals surface area (Å²) in [5, 5.41) is 24.0. The summed E-state index contributed by atoms with van der Waals surface area (Å²) in [5.74, 6) is -0.886. The van der Waals surface area contributed by atoms with Crippen molar-refractivity contribution >= 4 is 25.2 Å². The van der Waals surface area contributed by atoms with Gasteiger partial charge in [-0.3, -0.25) is 28.5 Å². The lowest BCUT2D eigenvalue weighted by atomic mass is 10.1. The molecule has 7 atom stereocenters. The monoisotopic (exact) mass is 635 g/mol. The highest BCUT2D eigenvalue weighted by molar-refractivity contribution is 7.51. The third-order valence-corrected chi connectivity index (χ3v) is 8.41. The van der Waals surface area contributed by atoms with Gasteiger partial charge in [-0.1, -0.05) is 30.3 Å². The molecule has 0 bridgehead atoms. The number of nitro benzene ring substituents is 1. The number of nitrogens with zero attached hydrogens (tertiary/aromatic N) is 3. The Morgan fingerprint density at radius 1 is 1.23 bits per heavy atom. The number of aliphatic hydroxyl groups is 1. The highest BCUT2D eigenvalue weighted by Crippen LogP contribution is 2.49. The zero-order valence-corrected chi connectivity index (χ0v) is 24.5. The van der Waals surface area contributed by atoms with E-state index in [2.05, 4.69) is 10.1 Å². The standard InChI is InChI=1S/C27H31FN5O10P/c1-16(26(35)40-14-18-6-4-3-5-7-18)31-44(39,43-17(2)19-8-10-20(11-9-19)33(37)38)41-15-21-24(34)23(28)25(42-21)32-13-12-22(29)30-27(32)36/h3-13,16-17,21,23-25,34H,14-15H2,1-2H3,(H,31,39)(H2,29,30,36)/t16-,17?,21?,23?,24?,25?,44?/m0/s1. The van der Waals surface area contributed by atoms with Crippen molar-refractivity contribution in [1.29, 1.82) is 0 Å². The number of halogens is 1.